The van der Waals surface area contributed by atoms with Crippen LogP contribution in [0.4, 0.5) is 0 Å². The highest BCUT2D eigenvalue weighted by molar-refractivity contribution is 7.19. The largest absolute Gasteiger partial charge is 0.302 e. The lowest BCUT2D eigenvalue weighted by atomic mass is 9.89. The van der Waals surface area contributed by atoms with E-state index in [2.05, 4.69) is 21.8 Å². The van der Waals surface area contributed by atoms with E-state index in [1.807, 2.05) is 14.1 Å². The highest BCUT2D eigenvalue weighted by Gasteiger charge is 2.23. The molecule has 0 aromatic carbocycles. The summed E-state index contributed by atoms with van der Waals surface area (Å²) in [5.41, 5.74) is 1.40. The Bertz CT molecular complexity index is 621. The molecule has 1 aliphatic carbocycles. The lowest BCUT2D eigenvalue weighted by Gasteiger charge is -2.17. The topological polar surface area (TPSA) is 29.0 Å². The second kappa shape index (κ2) is 5.00. The zero-order chi connectivity index (χ0) is 13.6. The van der Waals surface area contributed by atoms with Crippen LogP contribution in [0.1, 0.15) is 29.6 Å². The van der Waals surface area contributed by atoms with E-state index in [1.54, 1.807) is 11.3 Å². The molecule has 0 saturated heterocycles. The molecular formula is C14H18ClN3S. The number of halogens is 1. The van der Waals surface area contributed by atoms with E-state index in [4.69, 9.17) is 11.6 Å². The summed E-state index contributed by atoms with van der Waals surface area (Å²) in [5.74, 6) is 1.59. The summed E-state index contributed by atoms with van der Waals surface area (Å²) in [6, 6.07) is 0. The molecule has 5 heteroatoms. The minimum atomic E-state index is 0.633. The molecule has 2 aromatic rings. The van der Waals surface area contributed by atoms with Crippen molar-refractivity contribution < 1.29 is 0 Å². The monoisotopic (exact) mass is 295 g/mol. The van der Waals surface area contributed by atoms with Crippen LogP contribution in [0.3, 0.4) is 0 Å². The van der Waals surface area contributed by atoms with Crippen molar-refractivity contribution >= 4 is 33.2 Å². The van der Waals surface area contributed by atoms with Crippen molar-refractivity contribution in [3.63, 3.8) is 0 Å². The van der Waals surface area contributed by atoms with E-state index >= 15 is 0 Å². The molecule has 1 atom stereocenters. The first-order valence-corrected chi connectivity index (χ1v) is 7.85. The van der Waals surface area contributed by atoms with Gasteiger partial charge in [-0.15, -0.1) is 11.3 Å². The SMILES string of the molecule is CC1CCc2c(sc3nc(CN(C)C)nc(Cl)c23)C1. The summed E-state index contributed by atoms with van der Waals surface area (Å²) in [7, 11) is 4.03. The Labute approximate surface area is 122 Å². The number of aryl methyl sites for hydroxylation is 1. The molecule has 0 amide bonds. The molecule has 3 rings (SSSR count). The quantitative estimate of drug-likeness (QED) is 0.794. The standard InChI is InChI=1S/C14H18ClN3S/c1-8-4-5-9-10(6-8)19-14-12(9)13(15)16-11(17-14)7-18(2)3/h8H,4-7H2,1-3H3. The van der Waals surface area contributed by atoms with Gasteiger partial charge in [0.15, 0.2) is 0 Å². The molecule has 1 aliphatic rings. The Morgan fingerprint density at radius 2 is 2.16 bits per heavy atom. The highest BCUT2D eigenvalue weighted by Crippen LogP contribution is 2.39. The van der Waals surface area contributed by atoms with E-state index in [0.717, 1.165) is 41.3 Å². The van der Waals surface area contributed by atoms with Gasteiger partial charge in [-0.25, -0.2) is 9.97 Å². The molecule has 0 aliphatic heterocycles. The van der Waals surface area contributed by atoms with Crippen LogP contribution in [0.5, 0.6) is 0 Å². The number of fused-ring (bicyclic) bond motifs is 3. The van der Waals surface area contributed by atoms with Gasteiger partial charge in [-0.1, -0.05) is 18.5 Å². The number of thiophene rings is 1. The summed E-state index contributed by atoms with van der Waals surface area (Å²) in [6.45, 7) is 3.05. The third kappa shape index (κ3) is 2.49. The Morgan fingerprint density at radius 1 is 1.37 bits per heavy atom. The van der Waals surface area contributed by atoms with Crippen molar-refractivity contribution in [2.24, 2.45) is 5.92 Å². The van der Waals surface area contributed by atoms with Gasteiger partial charge in [0.1, 0.15) is 15.8 Å². The molecule has 0 spiro atoms. The molecule has 3 nitrogen and oxygen atoms in total. The lowest BCUT2D eigenvalue weighted by Crippen LogP contribution is -2.13. The van der Waals surface area contributed by atoms with Crippen LogP contribution in [-0.2, 0) is 19.4 Å². The second-order valence-electron chi connectivity index (χ2n) is 5.70. The van der Waals surface area contributed by atoms with Gasteiger partial charge >= 0.3 is 0 Å². The summed E-state index contributed by atoms with van der Waals surface area (Å²) >= 11 is 8.20. The maximum atomic E-state index is 6.40. The molecule has 1 unspecified atom stereocenters. The van der Waals surface area contributed by atoms with E-state index in [-0.39, 0.29) is 0 Å². The molecule has 0 fully saturated rings. The lowest BCUT2D eigenvalue weighted by molar-refractivity contribution is 0.391. The summed E-state index contributed by atoms with van der Waals surface area (Å²) in [5, 5.41) is 1.74. The van der Waals surface area contributed by atoms with Gasteiger partial charge in [-0.2, -0.15) is 0 Å². The number of nitrogens with zero attached hydrogens (tertiary/aromatic N) is 3. The van der Waals surface area contributed by atoms with Crippen LogP contribution in [0.25, 0.3) is 10.2 Å². The van der Waals surface area contributed by atoms with Gasteiger partial charge in [0, 0.05) is 4.88 Å². The summed E-state index contributed by atoms with van der Waals surface area (Å²) in [4.78, 5) is 13.7. The molecule has 0 N–H and O–H groups in total. The Hall–Kier alpha value is -0.710. The molecule has 19 heavy (non-hydrogen) atoms. The fourth-order valence-corrected chi connectivity index (χ4v) is 4.45. The number of aromatic nitrogens is 2. The Kier molecular flexibility index (Phi) is 3.50. The van der Waals surface area contributed by atoms with E-state index < -0.39 is 0 Å². The zero-order valence-electron chi connectivity index (χ0n) is 11.5. The molecule has 2 aromatic heterocycles. The maximum absolute atomic E-state index is 6.40. The summed E-state index contributed by atoms with van der Waals surface area (Å²) < 4.78 is 0. The Morgan fingerprint density at radius 3 is 2.89 bits per heavy atom. The van der Waals surface area contributed by atoms with Gasteiger partial charge in [-0.05, 0) is 44.8 Å². The molecule has 0 bridgehead atoms. The molecule has 0 radical (unpaired) electrons. The predicted octanol–water partition coefficient (Wildman–Crippen LogP) is 3.53. The van der Waals surface area contributed by atoms with Crippen LogP contribution in [0.15, 0.2) is 0 Å². The first-order valence-electron chi connectivity index (χ1n) is 6.66. The fourth-order valence-electron chi connectivity index (χ4n) is 2.69. The van der Waals surface area contributed by atoms with Crippen molar-refractivity contribution in [3.05, 3.63) is 21.4 Å². The fraction of sp³-hybridized carbons (Fsp3) is 0.571. The van der Waals surface area contributed by atoms with Crippen LogP contribution in [-0.4, -0.2) is 29.0 Å². The summed E-state index contributed by atoms with van der Waals surface area (Å²) in [6.07, 6.45) is 3.52. The second-order valence-corrected chi connectivity index (χ2v) is 7.14. The third-order valence-corrected chi connectivity index (χ3v) is 5.04. The van der Waals surface area contributed by atoms with Crippen molar-refractivity contribution in [3.8, 4) is 0 Å². The van der Waals surface area contributed by atoms with Gasteiger partial charge in [0.05, 0.1) is 11.9 Å². The van der Waals surface area contributed by atoms with Gasteiger partial charge in [-0.3, -0.25) is 0 Å². The molecule has 2 heterocycles. The molecule has 0 saturated carbocycles. The van der Waals surface area contributed by atoms with E-state index in [1.165, 1.54) is 16.9 Å². The van der Waals surface area contributed by atoms with Crippen LogP contribution in [0, 0.1) is 5.92 Å². The molecular weight excluding hydrogens is 278 g/mol. The molecule has 102 valence electrons. The van der Waals surface area contributed by atoms with Crippen LogP contribution in [0.2, 0.25) is 5.15 Å². The average molecular weight is 296 g/mol. The smallest absolute Gasteiger partial charge is 0.145 e. The number of hydrogen-bond acceptors (Lipinski definition) is 4. The minimum absolute atomic E-state index is 0.633. The average Bonchev–Trinajstić information content (AvgIpc) is 2.65. The first-order chi connectivity index (χ1) is 9.04. The van der Waals surface area contributed by atoms with Gasteiger partial charge < -0.3 is 4.90 Å². The Balaban J connectivity index is 2.11. The van der Waals surface area contributed by atoms with Crippen LogP contribution >= 0.6 is 22.9 Å². The maximum Gasteiger partial charge on any atom is 0.145 e. The van der Waals surface area contributed by atoms with Crippen molar-refractivity contribution in [1.29, 1.82) is 0 Å². The van der Waals surface area contributed by atoms with Crippen LogP contribution < -0.4 is 0 Å². The van der Waals surface area contributed by atoms with Crippen molar-refractivity contribution in [1.82, 2.24) is 14.9 Å². The highest BCUT2D eigenvalue weighted by atomic mass is 35.5. The third-order valence-electron chi connectivity index (χ3n) is 3.61. The first kappa shape index (κ1) is 13.3. The zero-order valence-corrected chi connectivity index (χ0v) is 13.1. The van der Waals surface area contributed by atoms with Crippen molar-refractivity contribution in [2.75, 3.05) is 14.1 Å². The van der Waals surface area contributed by atoms with Crippen molar-refractivity contribution in [2.45, 2.75) is 32.7 Å². The van der Waals surface area contributed by atoms with Gasteiger partial charge in [0.2, 0.25) is 0 Å². The number of hydrogen-bond donors (Lipinski definition) is 0. The van der Waals surface area contributed by atoms with E-state index in [0.29, 0.717) is 5.15 Å². The normalized spacial score (nSPS) is 19.1. The number of rotatable bonds is 2. The minimum Gasteiger partial charge on any atom is -0.302 e. The van der Waals surface area contributed by atoms with Gasteiger partial charge in [0.25, 0.3) is 0 Å². The van der Waals surface area contributed by atoms with E-state index in [9.17, 15) is 0 Å². The predicted molar refractivity (Wildman–Crippen MR) is 81.0 cm³/mol.